The molecule has 0 fully saturated rings. The highest BCUT2D eigenvalue weighted by molar-refractivity contribution is 6.36. The lowest BCUT2D eigenvalue weighted by Crippen LogP contribution is -1.92. The number of fused-ring (bicyclic) bond motifs is 1. The molecule has 78 valence electrons. The lowest BCUT2D eigenvalue weighted by molar-refractivity contribution is 0.101. The van der Waals surface area contributed by atoms with E-state index in [0.29, 0.717) is 27.5 Å². The van der Waals surface area contributed by atoms with Crippen LogP contribution in [0.4, 0.5) is 0 Å². The van der Waals surface area contributed by atoms with E-state index in [1.807, 2.05) is 0 Å². The van der Waals surface area contributed by atoms with Crippen molar-refractivity contribution in [3.63, 3.8) is 0 Å². The highest BCUT2D eigenvalue weighted by Crippen LogP contribution is 2.28. The molecule has 0 unspecified atom stereocenters. The number of ketones is 1. The minimum Gasteiger partial charge on any atom is -0.481 e. The number of nitrogens with one attached hydrogen (secondary N) is 1. The van der Waals surface area contributed by atoms with E-state index in [1.165, 1.54) is 14.0 Å². The Hall–Kier alpha value is -1.55. The standard InChI is InChI=1S/C10H9ClN2O2/c1-5(14)6-4-12-10-9(6)7(11)3-8(13-10)15-2/h3-4H,1-2H3,(H,12,13). The van der Waals surface area contributed by atoms with Gasteiger partial charge in [-0.2, -0.15) is 4.98 Å². The molecule has 0 saturated carbocycles. The van der Waals surface area contributed by atoms with Gasteiger partial charge in [-0.1, -0.05) is 11.6 Å². The van der Waals surface area contributed by atoms with E-state index >= 15 is 0 Å². The Morgan fingerprint density at radius 3 is 2.93 bits per heavy atom. The second kappa shape index (κ2) is 3.55. The number of rotatable bonds is 2. The Bertz CT molecular complexity index is 533. The number of methoxy groups -OCH3 is 1. The Balaban J connectivity index is 2.77. The summed E-state index contributed by atoms with van der Waals surface area (Å²) >= 11 is 6.04. The first-order valence-corrected chi connectivity index (χ1v) is 4.74. The molecule has 0 aliphatic rings. The zero-order valence-corrected chi connectivity index (χ0v) is 9.05. The van der Waals surface area contributed by atoms with Crippen molar-refractivity contribution < 1.29 is 9.53 Å². The van der Waals surface area contributed by atoms with Gasteiger partial charge < -0.3 is 9.72 Å². The van der Waals surface area contributed by atoms with Crippen LogP contribution in [0.15, 0.2) is 12.3 Å². The van der Waals surface area contributed by atoms with E-state index in [2.05, 4.69) is 9.97 Å². The van der Waals surface area contributed by atoms with Gasteiger partial charge in [-0.05, 0) is 6.92 Å². The summed E-state index contributed by atoms with van der Waals surface area (Å²) in [5.41, 5.74) is 1.11. The van der Waals surface area contributed by atoms with E-state index in [9.17, 15) is 4.79 Å². The average Bonchev–Trinajstić information content (AvgIpc) is 2.61. The van der Waals surface area contributed by atoms with Gasteiger partial charge in [-0.15, -0.1) is 0 Å². The molecule has 1 N–H and O–H groups in total. The van der Waals surface area contributed by atoms with Gasteiger partial charge in [0.1, 0.15) is 5.65 Å². The van der Waals surface area contributed by atoms with Crippen LogP contribution in [-0.4, -0.2) is 22.9 Å². The number of ether oxygens (including phenoxy) is 1. The minimum atomic E-state index is -0.0462. The van der Waals surface area contributed by atoms with Gasteiger partial charge in [0.05, 0.1) is 12.1 Å². The average molecular weight is 225 g/mol. The van der Waals surface area contributed by atoms with E-state index in [-0.39, 0.29) is 5.78 Å². The largest absolute Gasteiger partial charge is 0.481 e. The van der Waals surface area contributed by atoms with Gasteiger partial charge in [-0.25, -0.2) is 0 Å². The summed E-state index contributed by atoms with van der Waals surface area (Å²) in [6.07, 6.45) is 1.60. The molecular formula is C10H9ClN2O2. The van der Waals surface area contributed by atoms with Gasteiger partial charge in [0.15, 0.2) is 5.78 Å². The number of halogens is 1. The summed E-state index contributed by atoms with van der Waals surface area (Å²) in [4.78, 5) is 18.3. The SMILES string of the molecule is COc1cc(Cl)c2c(C(C)=O)c[nH]c2n1. The van der Waals surface area contributed by atoms with Crippen LogP contribution >= 0.6 is 11.6 Å². The molecule has 2 aromatic rings. The van der Waals surface area contributed by atoms with Crippen molar-refractivity contribution in [1.82, 2.24) is 9.97 Å². The molecule has 0 spiro atoms. The van der Waals surface area contributed by atoms with Crippen molar-refractivity contribution >= 4 is 28.4 Å². The number of aromatic amines is 1. The summed E-state index contributed by atoms with van der Waals surface area (Å²) in [5, 5.41) is 1.10. The van der Waals surface area contributed by atoms with Crippen LogP contribution in [-0.2, 0) is 0 Å². The normalized spacial score (nSPS) is 10.6. The van der Waals surface area contributed by atoms with Crippen molar-refractivity contribution in [3.8, 4) is 5.88 Å². The second-order valence-corrected chi connectivity index (χ2v) is 3.54. The predicted octanol–water partition coefficient (Wildman–Crippen LogP) is 2.43. The van der Waals surface area contributed by atoms with Crippen molar-refractivity contribution in [1.29, 1.82) is 0 Å². The molecule has 0 bridgehead atoms. The molecule has 0 aliphatic heterocycles. The number of H-pyrrole nitrogens is 1. The van der Waals surface area contributed by atoms with Crippen LogP contribution in [0.2, 0.25) is 5.02 Å². The maximum absolute atomic E-state index is 11.3. The first kappa shape index (κ1) is 9.98. The van der Waals surface area contributed by atoms with Crippen molar-refractivity contribution in [2.24, 2.45) is 0 Å². The molecule has 0 aliphatic carbocycles. The van der Waals surface area contributed by atoms with Gasteiger partial charge in [0.25, 0.3) is 0 Å². The van der Waals surface area contributed by atoms with Crippen LogP contribution in [0, 0.1) is 0 Å². The summed E-state index contributed by atoms with van der Waals surface area (Å²) in [7, 11) is 1.51. The number of Topliss-reactive ketones (excluding diaryl/α,β-unsaturated/α-hetero) is 1. The van der Waals surface area contributed by atoms with Crippen LogP contribution in [0.5, 0.6) is 5.88 Å². The number of nitrogens with zero attached hydrogens (tertiary/aromatic N) is 1. The fraction of sp³-hybridized carbons (Fsp3) is 0.200. The maximum Gasteiger partial charge on any atom is 0.216 e. The second-order valence-electron chi connectivity index (χ2n) is 3.13. The van der Waals surface area contributed by atoms with Crippen LogP contribution < -0.4 is 4.74 Å². The number of hydrogen-bond acceptors (Lipinski definition) is 3. The zero-order valence-electron chi connectivity index (χ0n) is 8.30. The van der Waals surface area contributed by atoms with Crippen molar-refractivity contribution in [2.45, 2.75) is 6.92 Å². The molecule has 0 saturated heterocycles. The lowest BCUT2D eigenvalue weighted by Gasteiger charge is -2.01. The lowest BCUT2D eigenvalue weighted by atomic mass is 10.1. The molecule has 4 nitrogen and oxygen atoms in total. The number of carbonyl (C=O) groups is 1. The summed E-state index contributed by atoms with van der Waals surface area (Å²) < 4.78 is 4.97. The van der Waals surface area contributed by atoms with Gasteiger partial charge in [0, 0.05) is 23.2 Å². The van der Waals surface area contributed by atoms with Crippen LogP contribution in [0.3, 0.4) is 0 Å². The molecule has 5 heteroatoms. The third-order valence-electron chi connectivity index (χ3n) is 2.16. The molecule has 0 atom stereocenters. The minimum absolute atomic E-state index is 0.0462. The summed E-state index contributed by atoms with van der Waals surface area (Å²) in [6.45, 7) is 1.49. The van der Waals surface area contributed by atoms with E-state index in [0.717, 1.165) is 0 Å². The predicted molar refractivity (Wildman–Crippen MR) is 57.7 cm³/mol. The Labute approximate surface area is 91.2 Å². The fourth-order valence-electron chi connectivity index (χ4n) is 1.45. The third kappa shape index (κ3) is 1.57. The molecule has 2 heterocycles. The molecule has 0 radical (unpaired) electrons. The van der Waals surface area contributed by atoms with E-state index in [1.54, 1.807) is 12.3 Å². The first-order valence-electron chi connectivity index (χ1n) is 4.36. The first-order chi connectivity index (χ1) is 7.13. The summed E-state index contributed by atoms with van der Waals surface area (Å²) in [6, 6.07) is 1.59. The quantitative estimate of drug-likeness (QED) is 0.797. The van der Waals surface area contributed by atoms with E-state index in [4.69, 9.17) is 16.3 Å². The Morgan fingerprint density at radius 1 is 1.60 bits per heavy atom. The maximum atomic E-state index is 11.3. The Morgan fingerprint density at radius 2 is 2.33 bits per heavy atom. The van der Waals surface area contributed by atoms with Gasteiger partial charge in [0.2, 0.25) is 5.88 Å². The van der Waals surface area contributed by atoms with Crippen molar-refractivity contribution in [2.75, 3.05) is 7.11 Å². The number of aromatic nitrogens is 2. The number of hydrogen-bond donors (Lipinski definition) is 1. The molecular weight excluding hydrogens is 216 g/mol. The van der Waals surface area contributed by atoms with Crippen molar-refractivity contribution in [3.05, 3.63) is 22.8 Å². The molecule has 15 heavy (non-hydrogen) atoms. The zero-order chi connectivity index (χ0) is 11.0. The number of pyridine rings is 1. The highest BCUT2D eigenvalue weighted by atomic mass is 35.5. The molecule has 2 aromatic heterocycles. The fourth-order valence-corrected chi connectivity index (χ4v) is 1.73. The smallest absolute Gasteiger partial charge is 0.216 e. The molecule has 2 rings (SSSR count). The number of carbonyl (C=O) groups excluding carboxylic acids is 1. The van der Waals surface area contributed by atoms with Crippen LogP contribution in [0.1, 0.15) is 17.3 Å². The topological polar surface area (TPSA) is 55.0 Å². The summed E-state index contributed by atoms with van der Waals surface area (Å²) in [5.74, 6) is 0.375. The van der Waals surface area contributed by atoms with Gasteiger partial charge >= 0.3 is 0 Å². The molecule has 0 aromatic carbocycles. The highest BCUT2D eigenvalue weighted by Gasteiger charge is 2.13. The molecule has 0 amide bonds. The van der Waals surface area contributed by atoms with E-state index < -0.39 is 0 Å². The third-order valence-corrected chi connectivity index (χ3v) is 2.46. The van der Waals surface area contributed by atoms with Gasteiger partial charge in [-0.3, -0.25) is 4.79 Å². The monoisotopic (exact) mass is 224 g/mol. The Kier molecular flexibility index (Phi) is 2.36. The van der Waals surface area contributed by atoms with Crippen LogP contribution in [0.25, 0.3) is 11.0 Å².